The Kier molecular flexibility index (Phi) is 4.05. The molecule has 0 unspecified atom stereocenters. The average molecular weight is 321 g/mol. The Hall–Kier alpha value is -0.610. The van der Waals surface area contributed by atoms with Crippen molar-refractivity contribution in [1.82, 2.24) is 4.90 Å². The molecule has 0 bridgehead atoms. The van der Waals surface area contributed by atoms with Crippen LogP contribution in [0.25, 0.3) is 0 Å². The number of hydrogen-bond donors (Lipinski definition) is 0. The van der Waals surface area contributed by atoms with Crippen LogP contribution in [0.15, 0.2) is 22.7 Å². The fourth-order valence-corrected chi connectivity index (χ4v) is 2.52. The summed E-state index contributed by atoms with van der Waals surface area (Å²) < 4.78 is 13.6. The maximum absolute atomic E-state index is 13.3. The minimum absolute atomic E-state index is 0.139. The van der Waals surface area contributed by atoms with E-state index in [0.717, 1.165) is 12.8 Å². The van der Waals surface area contributed by atoms with Gasteiger partial charge in [-0.05, 0) is 40.9 Å². The number of rotatable bonds is 1. The van der Waals surface area contributed by atoms with Gasteiger partial charge in [0.2, 0.25) is 0 Å². The highest BCUT2D eigenvalue weighted by molar-refractivity contribution is 9.10. The van der Waals surface area contributed by atoms with Gasteiger partial charge in [0.25, 0.3) is 5.91 Å². The summed E-state index contributed by atoms with van der Waals surface area (Å²) in [5.74, 6) is -0.553. The van der Waals surface area contributed by atoms with E-state index in [0.29, 0.717) is 18.7 Å². The van der Waals surface area contributed by atoms with Gasteiger partial charge in [0.05, 0.1) is 10.0 Å². The first kappa shape index (κ1) is 12.8. The molecule has 1 heterocycles. The monoisotopic (exact) mass is 319 g/mol. The van der Waals surface area contributed by atoms with Gasteiger partial charge >= 0.3 is 0 Å². The Morgan fingerprint density at radius 1 is 1.41 bits per heavy atom. The van der Waals surface area contributed by atoms with E-state index in [1.165, 1.54) is 6.07 Å². The molecule has 1 aliphatic heterocycles. The fourth-order valence-electron chi connectivity index (χ4n) is 1.89. The first-order valence-corrected chi connectivity index (χ1v) is 6.70. The van der Waals surface area contributed by atoms with Gasteiger partial charge in [-0.2, -0.15) is 0 Å². The molecule has 0 spiro atoms. The SMILES string of the molecule is O=C(c1cccc(F)c1Br)N1CCC(Cl)CC1. The lowest BCUT2D eigenvalue weighted by atomic mass is 10.1. The van der Waals surface area contributed by atoms with Crippen molar-refractivity contribution in [2.45, 2.75) is 18.2 Å². The van der Waals surface area contributed by atoms with Crippen molar-refractivity contribution in [2.24, 2.45) is 0 Å². The number of piperidine rings is 1. The predicted molar refractivity (Wildman–Crippen MR) is 68.9 cm³/mol. The third-order valence-electron chi connectivity index (χ3n) is 2.89. The van der Waals surface area contributed by atoms with Crippen molar-refractivity contribution >= 4 is 33.4 Å². The molecule has 1 aromatic carbocycles. The Bertz CT molecular complexity index is 433. The highest BCUT2D eigenvalue weighted by atomic mass is 79.9. The summed E-state index contributed by atoms with van der Waals surface area (Å²) in [6.07, 6.45) is 1.58. The molecule has 0 atom stereocenters. The van der Waals surface area contributed by atoms with E-state index in [9.17, 15) is 9.18 Å². The van der Waals surface area contributed by atoms with Crippen LogP contribution in [0.5, 0.6) is 0 Å². The molecule has 0 aromatic heterocycles. The molecular formula is C12H12BrClFNO. The molecule has 17 heavy (non-hydrogen) atoms. The maximum Gasteiger partial charge on any atom is 0.255 e. The number of likely N-dealkylation sites (tertiary alicyclic amines) is 1. The Balaban J connectivity index is 2.17. The van der Waals surface area contributed by atoms with Gasteiger partial charge in [-0.1, -0.05) is 6.07 Å². The highest BCUT2D eigenvalue weighted by Gasteiger charge is 2.24. The molecule has 0 radical (unpaired) electrons. The molecule has 0 N–H and O–H groups in total. The lowest BCUT2D eigenvalue weighted by molar-refractivity contribution is 0.0725. The molecule has 0 saturated carbocycles. The summed E-state index contributed by atoms with van der Waals surface area (Å²) in [6, 6.07) is 4.50. The van der Waals surface area contributed by atoms with E-state index in [1.807, 2.05) is 0 Å². The first-order chi connectivity index (χ1) is 8.09. The molecule has 5 heteroatoms. The van der Waals surface area contributed by atoms with E-state index in [1.54, 1.807) is 17.0 Å². The smallest absolute Gasteiger partial charge is 0.255 e. The third kappa shape index (κ3) is 2.80. The molecule has 92 valence electrons. The van der Waals surface area contributed by atoms with Gasteiger partial charge in [-0.3, -0.25) is 4.79 Å². The molecule has 1 aliphatic rings. The number of alkyl halides is 1. The minimum atomic E-state index is -0.414. The van der Waals surface area contributed by atoms with Crippen LogP contribution in [-0.2, 0) is 0 Å². The minimum Gasteiger partial charge on any atom is -0.339 e. The van der Waals surface area contributed by atoms with Crippen molar-refractivity contribution in [3.63, 3.8) is 0 Å². The fraction of sp³-hybridized carbons (Fsp3) is 0.417. The van der Waals surface area contributed by atoms with Crippen LogP contribution in [0.4, 0.5) is 4.39 Å². The van der Waals surface area contributed by atoms with Crippen molar-refractivity contribution in [3.8, 4) is 0 Å². The molecule has 2 nitrogen and oxygen atoms in total. The second-order valence-corrected chi connectivity index (χ2v) is 5.48. The second-order valence-electron chi connectivity index (χ2n) is 4.07. The van der Waals surface area contributed by atoms with Crippen molar-refractivity contribution in [3.05, 3.63) is 34.1 Å². The van der Waals surface area contributed by atoms with Crippen molar-refractivity contribution in [1.29, 1.82) is 0 Å². The second kappa shape index (κ2) is 5.36. The zero-order valence-corrected chi connectivity index (χ0v) is 11.5. The Labute approximate surface area is 113 Å². The number of hydrogen-bond acceptors (Lipinski definition) is 1. The number of carbonyl (C=O) groups is 1. The van der Waals surface area contributed by atoms with E-state index in [4.69, 9.17) is 11.6 Å². The number of nitrogens with zero attached hydrogens (tertiary/aromatic N) is 1. The first-order valence-electron chi connectivity index (χ1n) is 5.47. The van der Waals surface area contributed by atoms with Gasteiger partial charge in [-0.25, -0.2) is 4.39 Å². The largest absolute Gasteiger partial charge is 0.339 e. The van der Waals surface area contributed by atoms with Gasteiger partial charge in [0.15, 0.2) is 0 Å². The number of benzene rings is 1. The number of halogens is 3. The van der Waals surface area contributed by atoms with Crippen LogP contribution in [0.1, 0.15) is 23.2 Å². The summed E-state index contributed by atoms with van der Waals surface area (Å²) in [4.78, 5) is 13.9. The van der Waals surface area contributed by atoms with Crippen molar-refractivity contribution in [2.75, 3.05) is 13.1 Å². The maximum atomic E-state index is 13.3. The van der Waals surface area contributed by atoms with Crippen molar-refractivity contribution < 1.29 is 9.18 Å². The Morgan fingerprint density at radius 2 is 2.06 bits per heavy atom. The summed E-state index contributed by atoms with van der Waals surface area (Å²) in [7, 11) is 0. The third-order valence-corrected chi connectivity index (χ3v) is 4.14. The van der Waals surface area contributed by atoms with E-state index >= 15 is 0 Å². The normalized spacial score (nSPS) is 17.2. The summed E-state index contributed by atoms with van der Waals surface area (Å²) in [6.45, 7) is 1.27. The number of amides is 1. The summed E-state index contributed by atoms with van der Waals surface area (Å²) in [5, 5.41) is 0.148. The Morgan fingerprint density at radius 3 is 2.71 bits per heavy atom. The summed E-state index contributed by atoms with van der Waals surface area (Å²) in [5.41, 5.74) is 0.373. The molecular weight excluding hydrogens is 308 g/mol. The van der Waals surface area contributed by atoms with Gasteiger partial charge < -0.3 is 4.90 Å². The lowest BCUT2D eigenvalue weighted by Gasteiger charge is -2.29. The van der Waals surface area contributed by atoms with Crippen LogP contribution < -0.4 is 0 Å². The van der Waals surface area contributed by atoms with Crippen LogP contribution in [0, 0.1) is 5.82 Å². The van der Waals surface area contributed by atoms with E-state index in [-0.39, 0.29) is 15.8 Å². The standard InChI is InChI=1S/C12H12BrClFNO/c13-11-9(2-1-3-10(11)15)12(17)16-6-4-8(14)5-7-16/h1-3,8H,4-7H2. The van der Waals surface area contributed by atoms with Crippen LogP contribution in [0.3, 0.4) is 0 Å². The topological polar surface area (TPSA) is 20.3 Å². The van der Waals surface area contributed by atoms with E-state index in [2.05, 4.69) is 15.9 Å². The quantitative estimate of drug-likeness (QED) is 0.726. The molecule has 1 aromatic rings. The molecule has 2 rings (SSSR count). The molecule has 1 amide bonds. The van der Waals surface area contributed by atoms with E-state index < -0.39 is 5.82 Å². The zero-order valence-electron chi connectivity index (χ0n) is 9.13. The lowest BCUT2D eigenvalue weighted by Crippen LogP contribution is -2.39. The van der Waals surface area contributed by atoms with Crippen LogP contribution in [0.2, 0.25) is 0 Å². The zero-order chi connectivity index (χ0) is 12.4. The molecule has 1 fully saturated rings. The predicted octanol–water partition coefficient (Wildman–Crippen LogP) is 3.43. The molecule has 1 saturated heterocycles. The van der Waals surface area contributed by atoms with Gasteiger partial charge in [-0.15, -0.1) is 11.6 Å². The molecule has 0 aliphatic carbocycles. The summed E-state index contributed by atoms with van der Waals surface area (Å²) >= 11 is 9.09. The van der Waals surface area contributed by atoms with Gasteiger partial charge in [0, 0.05) is 18.5 Å². The highest BCUT2D eigenvalue weighted by Crippen LogP contribution is 2.24. The number of carbonyl (C=O) groups excluding carboxylic acids is 1. The van der Waals surface area contributed by atoms with Crippen LogP contribution >= 0.6 is 27.5 Å². The van der Waals surface area contributed by atoms with Gasteiger partial charge in [0.1, 0.15) is 5.82 Å². The average Bonchev–Trinajstić information content (AvgIpc) is 2.33. The van der Waals surface area contributed by atoms with Crippen LogP contribution in [-0.4, -0.2) is 29.3 Å².